The molecule has 0 bridgehead atoms. The van der Waals surface area contributed by atoms with Crippen molar-refractivity contribution < 1.29 is 14.3 Å². The third-order valence-corrected chi connectivity index (χ3v) is 4.18. The highest BCUT2D eigenvalue weighted by Crippen LogP contribution is 2.41. The van der Waals surface area contributed by atoms with Crippen LogP contribution in [0.2, 0.25) is 5.02 Å². The Balaban J connectivity index is 2.50. The molecule has 3 atom stereocenters. The fraction of sp³-hybridized carbons (Fsp3) is 0.412. The van der Waals surface area contributed by atoms with Crippen LogP contribution in [0.25, 0.3) is 0 Å². The molecule has 1 aromatic rings. The summed E-state index contributed by atoms with van der Waals surface area (Å²) in [5, 5.41) is 13.3. The molecule has 0 aromatic heterocycles. The molecule has 6 heteroatoms. The van der Waals surface area contributed by atoms with Crippen LogP contribution < -0.4 is 5.32 Å². The highest BCUT2D eigenvalue weighted by atomic mass is 35.5. The van der Waals surface area contributed by atoms with Gasteiger partial charge in [-0.25, -0.2) is 4.79 Å². The Hall–Kier alpha value is -2.19. The minimum Gasteiger partial charge on any atom is -0.434 e. The van der Waals surface area contributed by atoms with Gasteiger partial charge in [-0.3, -0.25) is 0 Å². The Morgan fingerprint density at radius 1 is 1.43 bits per heavy atom. The van der Waals surface area contributed by atoms with Crippen LogP contribution in [-0.4, -0.2) is 18.8 Å². The number of carbonyl (C=O) groups is 1. The Kier molecular flexibility index (Phi) is 5.51. The molecule has 0 amide bonds. The number of hydrogen-bond acceptors (Lipinski definition) is 5. The SMILES string of the molecule is CCOC(=O)OC1=C(C)NC(C)C(C#N)C1c1ccccc1Cl. The van der Waals surface area contributed by atoms with Gasteiger partial charge < -0.3 is 14.8 Å². The van der Waals surface area contributed by atoms with Crippen LogP contribution in [0.5, 0.6) is 0 Å². The van der Waals surface area contributed by atoms with Gasteiger partial charge in [-0.1, -0.05) is 29.8 Å². The molecule has 0 saturated heterocycles. The van der Waals surface area contributed by atoms with Gasteiger partial charge in [-0.05, 0) is 32.4 Å². The number of halogens is 1. The summed E-state index contributed by atoms with van der Waals surface area (Å²) in [7, 11) is 0. The molecule has 0 saturated carbocycles. The number of hydrogen-bond donors (Lipinski definition) is 1. The Bertz CT molecular complexity index is 666. The lowest BCUT2D eigenvalue weighted by Crippen LogP contribution is -2.42. The standard InChI is InChI=1S/C17H19ClN2O3/c1-4-22-17(21)23-16-11(3)20-10(2)13(9-19)15(16)12-7-5-6-8-14(12)18/h5-8,10,13,15,20H,4H2,1-3H3. The predicted molar refractivity (Wildman–Crippen MR) is 86.7 cm³/mol. The molecule has 1 aliphatic rings. The van der Waals surface area contributed by atoms with E-state index in [2.05, 4.69) is 11.4 Å². The molecule has 23 heavy (non-hydrogen) atoms. The van der Waals surface area contributed by atoms with Crippen LogP contribution in [0.1, 0.15) is 32.3 Å². The van der Waals surface area contributed by atoms with Crippen molar-refractivity contribution in [2.75, 3.05) is 6.61 Å². The van der Waals surface area contributed by atoms with Gasteiger partial charge in [-0.15, -0.1) is 0 Å². The van der Waals surface area contributed by atoms with Gasteiger partial charge in [0, 0.05) is 16.8 Å². The number of ether oxygens (including phenoxy) is 2. The number of benzene rings is 1. The lowest BCUT2D eigenvalue weighted by Gasteiger charge is -2.36. The van der Waals surface area contributed by atoms with E-state index in [9.17, 15) is 10.1 Å². The van der Waals surface area contributed by atoms with E-state index >= 15 is 0 Å². The molecule has 0 aliphatic carbocycles. The van der Waals surface area contributed by atoms with E-state index in [0.29, 0.717) is 16.5 Å². The van der Waals surface area contributed by atoms with Crippen molar-refractivity contribution in [3.8, 4) is 6.07 Å². The Morgan fingerprint density at radius 3 is 2.74 bits per heavy atom. The lowest BCUT2D eigenvalue weighted by atomic mass is 9.78. The third kappa shape index (κ3) is 3.59. The number of carbonyl (C=O) groups excluding carboxylic acids is 1. The van der Waals surface area contributed by atoms with Gasteiger partial charge in [0.1, 0.15) is 5.76 Å². The molecule has 5 nitrogen and oxygen atoms in total. The van der Waals surface area contributed by atoms with Gasteiger partial charge in [0.05, 0.1) is 24.5 Å². The van der Waals surface area contributed by atoms with Crippen LogP contribution in [-0.2, 0) is 9.47 Å². The summed E-state index contributed by atoms with van der Waals surface area (Å²) < 4.78 is 10.3. The van der Waals surface area contributed by atoms with Crippen LogP contribution in [0.3, 0.4) is 0 Å². The highest BCUT2D eigenvalue weighted by molar-refractivity contribution is 6.31. The van der Waals surface area contributed by atoms with Crippen LogP contribution >= 0.6 is 11.6 Å². The molecule has 0 spiro atoms. The first-order chi connectivity index (χ1) is 11.0. The molecule has 1 N–H and O–H groups in total. The molecule has 122 valence electrons. The van der Waals surface area contributed by atoms with E-state index < -0.39 is 18.0 Å². The van der Waals surface area contributed by atoms with E-state index in [1.54, 1.807) is 13.0 Å². The Labute approximate surface area is 140 Å². The minimum atomic E-state index is -0.785. The molecule has 3 unspecified atom stereocenters. The summed E-state index contributed by atoms with van der Waals surface area (Å²) in [6.07, 6.45) is -0.785. The van der Waals surface area contributed by atoms with E-state index in [1.165, 1.54) is 0 Å². The maximum Gasteiger partial charge on any atom is 0.513 e. The average molecular weight is 335 g/mol. The maximum absolute atomic E-state index is 11.8. The second kappa shape index (κ2) is 7.38. The second-order valence-corrected chi connectivity index (χ2v) is 5.77. The van der Waals surface area contributed by atoms with Crippen molar-refractivity contribution in [2.45, 2.75) is 32.7 Å². The normalized spacial score (nSPS) is 23.7. The van der Waals surface area contributed by atoms with Gasteiger partial charge in [0.25, 0.3) is 0 Å². The first-order valence-corrected chi connectivity index (χ1v) is 7.83. The highest BCUT2D eigenvalue weighted by Gasteiger charge is 2.39. The zero-order chi connectivity index (χ0) is 17.0. The van der Waals surface area contributed by atoms with Crippen LogP contribution in [0.15, 0.2) is 35.7 Å². The molecule has 2 rings (SSSR count). The zero-order valence-electron chi connectivity index (χ0n) is 13.3. The van der Waals surface area contributed by atoms with E-state index in [1.807, 2.05) is 32.0 Å². The summed E-state index contributed by atoms with van der Waals surface area (Å²) in [5.41, 5.74) is 1.45. The topological polar surface area (TPSA) is 71.3 Å². The van der Waals surface area contributed by atoms with Gasteiger partial charge in [0.2, 0.25) is 0 Å². The number of nitrogens with one attached hydrogen (secondary N) is 1. The summed E-state index contributed by atoms with van der Waals surface area (Å²) >= 11 is 6.31. The van der Waals surface area contributed by atoms with Crippen LogP contribution in [0.4, 0.5) is 4.79 Å². The van der Waals surface area contributed by atoms with Crippen LogP contribution in [0, 0.1) is 17.2 Å². The molecular formula is C17H19ClN2O3. The monoisotopic (exact) mass is 334 g/mol. The quantitative estimate of drug-likeness (QED) is 0.847. The van der Waals surface area contributed by atoms with Gasteiger partial charge in [0.15, 0.2) is 0 Å². The molecule has 1 heterocycles. The minimum absolute atomic E-state index is 0.101. The van der Waals surface area contributed by atoms with E-state index in [-0.39, 0.29) is 12.6 Å². The molecule has 0 radical (unpaired) electrons. The Morgan fingerprint density at radius 2 is 2.13 bits per heavy atom. The van der Waals surface area contributed by atoms with Gasteiger partial charge in [-0.2, -0.15) is 5.26 Å². The summed E-state index contributed by atoms with van der Waals surface area (Å²) in [6, 6.07) is 9.47. The van der Waals surface area contributed by atoms with Gasteiger partial charge >= 0.3 is 6.16 Å². The fourth-order valence-corrected chi connectivity index (χ4v) is 3.07. The van der Waals surface area contributed by atoms with E-state index in [4.69, 9.17) is 21.1 Å². The smallest absolute Gasteiger partial charge is 0.434 e. The first-order valence-electron chi connectivity index (χ1n) is 7.45. The lowest BCUT2D eigenvalue weighted by molar-refractivity contribution is 0.0717. The number of allylic oxidation sites excluding steroid dienone is 2. The van der Waals surface area contributed by atoms with E-state index in [0.717, 1.165) is 5.56 Å². The van der Waals surface area contributed by atoms with Crippen molar-refractivity contribution in [1.82, 2.24) is 5.32 Å². The average Bonchev–Trinajstić information content (AvgIpc) is 2.50. The van der Waals surface area contributed by atoms with Crippen molar-refractivity contribution in [1.29, 1.82) is 5.26 Å². The molecule has 0 fully saturated rings. The summed E-state index contributed by atoms with van der Waals surface area (Å²) in [4.78, 5) is 11.8. The number of rotatable bonds is 3. The number of nitrogens with zero attached hydrogens (tertiary/aromatic N) is 1. The summed E-state index contributed by atoms with van der Waals surface area (Å²) in [6.45, 7) is 5.64. The van der Waals surface area contributed by atoms with Crippen molar-refractivity contribution >= 4 is 17.8 Å². The first kappa shape index (κ1) is 17.2. The largest absolute Gasteiger partial charge is 0.513 e. The number of nitriles is 1. The zero-order valence-corrected chi connectivity index (χ0v) is 14.1. The molecule has 1 aliphatic heterocycles. The maximum atomic E-state index is 11.8. The van der Waals surface area contributed by atoms with Crippen molar-refractivity contribution in [3.05, 3.63) is 46.3 Å². The van der Waals surface area contributed by atoms with Crippen molar-refractivity contribution in [3.63, 3.8) is 0 Å². The molecule has 1 aromatic carbocycles. The summed E-state index contributed by atoms with van der Waals surface area (Å²) in [5.74, 6) is -0.487. The van der Waals surface area contributed by atoms with Crippen molar-refractivity contribution in [2.24, 2.45) is 5.92 Å². The second-order valence-electron chi connectivity index (χ2n) is 5.36. The fourth-order valence-electron chi connectivity index (χ4n) is 2.81. The predicted octanol–water partition coefficient (Wildman–Crippen LogP) is 3.96. The third-order valence-electron chi connectivity index (χ3n) is 3.84. The molecular weight excluding hydrogens is 316 g/mol.